The molecule has 0 unspecified atom stereocenters. The molecule has 0 saturated heterocycles. The van der Waals surface area contributed by atoms with E-state index in [1.54, 1.807) is 12.1 Å². The van der Waals surface area contributed by atoms with Crippen LogP contribution in [0.2, 0.25) is 0 Å². The van der Waals surface area contributed by atoms with Gasteiger partial charge in [0, 0.05) is 18.7 Å². The summed E-state index contributed by atoms with van der Waals surface area (Å²) in [5, 5.41) is 11.4. The molecule has 2 aromatic rings. The number of rotatable bonds is 4. The maximum absolute atomic E-state index is 13.2. The Labute approximate surface area is 113 Å². The highest BCUT2D eigenvalue weighted by atomic mass is 79.9. The SMILES string of the molecule is CCNc1nnc(-c2ccc(F)c(Br)c2)n1CC. The normalized spacial score (nSPS) is 10.7. The summed E-state index contributed by atoms with van der Waals surface area (Å²) in [6.45, 7) is 5.56. The molecule has 0 aliphatic rings. The van der Waals surface area contributed by atoms with E-state index in [1.165, 1.54) is 6.07 Å². The number of halogens is 2. The van der Waals surface area contributed by atoms with Gasteiger partial charge in [0.15, 0.2) is 5.82 Å². The Morgan fingerprint density at radius 1 is 1.33 bits per heavy atom. The largest absolute Gasteiger partial charge is 0.355 e. The molecule has 0 aliphatic carbocycles. The zero-order valence-electron chi connectivity index (χ0n) is 10.2. The molecule has 0 bridgehead atoms. The molecule has 0 radical (unpaired) electrons. The van der Waals surface area contributed by atoms with Crippen LogP contribution in [-0.2, 0) is 6.54 Å². The zero-order valence-corrected chi connectivity index (χ0v) is 11.8. The lowest BCUT2D eigenvalue weighted by Crippen LogP contribution is -2.06. The van der Waals surface area contributed by atoms with E-state index in [2.05, 4.69) is 31.4 Å². The van der Waals surface area contributed by atoms with E-state index in [1.807, 2.05) is 18.4 Å². The number of anilines is 1. The zero-order chi connectivity index (χ0) is 13.1. The van der Waals surface area contributed by atoms with Crippen molar-refractivity contribution in [3.63, 3.8) is 0 Å². The van der Waals surface area contributed by atoms with Gasteiger partial charge in [-0.1, -0.05) is 0 Å². The molecule has 96 valence electrons. The van der Waals surface area contributed by atoms with Crippen molar-refractivity contribution in [2.75, 3.05) is 11.9 Å². The lowest BCUT2D eigenvalue weighted by atomic mass is 10.2. The summed E-state index contributed by atoms with van der Waals surface area (Å²) in [5.74, 6) is 1.18. The fraction of sp³-hybridized carbons (Fsp3) is 0.333. The van der Waals surface area contributed by atoms with E-state index in [0.29, 0.717) is 4.47 Å². The van der Waals surface area contributed by atoms with E-state index >= 15 is 0 Å². The van der Waals surface area contributed by atoms with Gasteiger partial charge in [-0.2, -0.15) is 0 Å². The van der Waals surface area contributed by atoms with Gasteiger partial charge in [0.2, 0.25) is 5.95 Å². The maximum atomic E-state index is 13.2. The molecular formula is C12H14BrFN4. The molecule has 1 aromatic heterocycles. The Morgan fingerprint density at radius 2 is 2.11 bits per heavy atom. The van der Waals surface area contributed by atoms with E-state index in [4.69, 9.17) is 0 Å². The van der Waals surface area contributed by atoms with Gasteiger partial charge in [-0.25, -0.2) is 4.39 Å². The average Bonchev–Trinajstić information content (AvgIpc) is 2.76. The van der Waals surface area contributed by atoms with E-state index in [9.17, 15) is 4.39 Å². The molecule has 0 amide bonds. The van der Waals surface area contributed by atoms with Crippen molar-refractivity contribution in [3.8, 4) is 11.4 Å². The highest BCUT2D eigenvalue weighted by Gasteiger charge is 2.13. The lowest BCUT2D eigenvalue weighted by Gasteiger charge is -2.08. The van der Waals surface area contributed by atoms with Gasteiger partial charge in [-0.05, 0) is 48.0 Å². The van der Waals surface area contributed by atoms with Gasteiger partial charge < -0.3 is 5.32 Å². The first kappa shape index (κ1) is 13.0. The highest BCUT2D eigenvalue weighted by Crippen LogP contribution is 2.25. The smallest absolute Gasteiger partial charge is 0.224 e. The molecule has 1 N–H and O–H groups in total. The summed E-state index contributed by atoms with van der Waals surface area (Å²) in [6, 6.07) is 4.83. The number of aromatic nitrogens is 3. The first-order chi connectivity index (χ1) is 8.67. The predicted octanol–water partition coefficient (Wildman–Crippen LogP) is 3.30. The molecule has 2 rings (SSSR count). The summed E-state index contributed by atoms with van der Waals surface area (Å²) in [4.78, 5) is 0. The number of nitrogens with one attached hydrogen (secondary N) is 1. The number of benzene rings is 1. The van der Waals surface area contributed by atoms with Crippen molar-refractivity contribution in [2.24, 2.45) is 0 Å². The molecule has 0 saturated carbocycles. The van der Waals surface area contributed by atoms with Crippen molar-refractivity contribution >= 4 is 21.9 Å². The van der Waals surface area contributed by atoms with Gasteiger partial charge >= 0.3 is 0 Å². The van der Waals surface area contributed by atoms with Gasteiger partial charge in [0.25, 0.3) is 0 Å². The Balaban J connectivity index is 2.46. The van der Waals surface area contributed by atoms with Crippen molar-refractivity contribution < 1.29 is 4.39 Å². The van der Waals surface area contributed by atoms with E-state index < -0.39 is 0 Å². The monoisotopic (exact) mass is 312 g/mol. The Bertz CT molecular complexity index is 553. The first-order valence-electron chi connectivity index (χ1n) is 5.79. The summed E-state index contributed by atoms with van der Waals surface area (Å²) in [5.41, 5.74) is 0.835. The Hall–Kier alpha value is -1.43. The Kier molecular flexibility index (Phi) is 3.96. The van der Waals surface area contributed by atoms with Crippen LogP contribution in [0.5, 0.6) is 0 Å². The fourth-order valence-electron chi connectivity index (χ4n) is 1.74. The third kappa shape index (κ3) is 2.38. The van der Waals surface area contributed by atoms with Crippen molar-refractivity contribution in [1.82, 2.24) is 14.8 Å². The van der Waals surface area contributed by atoms with Crippen LogP contribution in [0.3, 0.4) is 0 Å². The van der Waals surface area contributed by atoms with Crippen LogP contribution in [0, 0.1) is 5.82 Å². The second-order valence-corrected chi connectivity index (χ2v) is 4.61. The van der Waals surface area contributed by atoms with Crippen molar-refractivity contribution in [3.05, 3.63) is 28.5 Å². The summed E-state index contributed by atoms with van der Waals surface area (Å²) >= 11 is 3.18. The minimum absolute atomic E-state index is 0.284. The molecule has 0 atom stereocenters. The van der Waals surface area contributed by atoms with Gasteiger partial charge in [-0.3, -0.25) is 4.57 Å². The number of nitrogens with zero attached hydrogens (tertiary/aromatic N) is 3. The van der Waals surface area contributed by atoms with Gasteiger partial charge in [0.1, 0.15) is 5.82 Å². The molecule has 0 fully saturated rings. The van der Waals surface area contributed by atoms with Crippen LogP contribution >= 0.6 is 15.9 Å². The second kappa shape index (κ2) is 5.48. The van der Waals surface area contributed by atoms with E-state index in [-0.39, 0.29) is 5.82 Å². The fourth-order valence-corrected chi connectivity index (χ4v) is 2.12. The molecule has 4 nitrogen and oxygen atoms in total. The third-order valence-electron chi connectivity index (χ3n) is 2.58. The Morgan fingerprint density at radius 3 is 2.72 bits per heavy atom. The quantitative estimate of drug-likeness (QED) is 0.942. The minimum Gasteiger partial charge on any atom is -0.355 e. The molecule has 0 spiro atoms. The standard InChI is InChI=1S/C12H14BrFN4/c1-3-15-12-17-16-11(18(12)4-2)8-5-6-10(14)9(13)7-8/h5-7H,3-4H2,1-2H3,(H,15,17). The predicted molar refractivity (Wildman–Crippen MR) is 73.0 cm³/mol. The third-order valence-corrected chi connectivity index (χ3v) is 3.19. The second-order valence-electron chi connectivity index (χ2n) is 3.75. The molecule has 18 heavy (non-hydrogen) atoms. The maximum Gasteiger partial charge on any atom is 0.224 e. The number of hydrogen-bond donors (Lipinski definition) is 1. The molecule has 6 heteroatoms. The topological polar surface area (TPSA) is 42.7 Å². The molecule has 1 aromatic carbocycles. The summed E-state index contributed by atoms with van der Waals surface area (Å²) in [7, 11) is 0. The summed E-state index contributed by atoms with van der Waals surface area (Å²) in [6.07, 6.45) is 0. The van der Waals surface area contributed by atoms with Crippen molar-refractivity contribution in [1.29, 1.82) is 0 Å². The van der Waals surface area contributed by atoms with Crippen LogP contribution in [0.25, 0.3) is 11.4 Å². The van der Waals surface area contributed by atoms with Gasteiger partial charge in [-0.15, -0.1) is 10.2 Å². The van der Waals surface area contributed by atoms with Crippen LogP contribution < -0.4 is 5.32 Å². The highest BCUT2D eigenvalue weighted by molar-refractivity contribution is 9.10. The molecule has 0 aliphatic heterocycles. The van der Waals surface area contributed by atoms with Crippen LogP contribution in [0.15, 0.2) is 22.7 Å². The van der Waals surface area contributed by atoms with Crippen LogP contribution in [0.1, 0.15) is 13.8 Å². The summed E-state index contributed by atoms with van der Waals surface area (Å²) < 4.78 is 15.6. The van der Waals surface area contributed by atoms with E-state index in [0.717, 1.165) is 30.4 Å². The number of hydrogen-bond acceptors (Lipinski definition) is 3. The van der Waals surface area contributed by atoms with Crippen LogP contribution in [0.4, 0.5) is 10.3 Å². The van der Waals surface area contributed by atoms with Crippen molar-refractivity contribution in [2.45, 2.75) is 20.4 Å². The van der Waals surface area contributed by atoms with Gasteiger partial charge in [0.05, 0.1) is 4.47 Å². The van der Waals surface area contributed by atoms with Crippen LogP contribution in [-0.4, -0.2) is 21.3 Å². The minimum atomic E-state index is -0.284. The molecule has 1 heterocycles. The molecular weight excluding hydrogens is 299 g/mol. The lowest BCUT2D eigenvalue weighted by molar-refractivity contribution is 0.621. The first-order valence-corrected chi connectivity index (χ1v) is 6.59. The average molecular weight is 313 g/mol.